The molecule has 0 saturated carbocycles. The van der Waals surface area contributed by atoms with Gasteiger partial charge in [0.2, 0.25) is 5.91 Å². The number of β-amino-alcohol motifs (C(OH)–C–C–N with tert-alkyl or cyclic N) is 1. The number of rotatable bonds is 6. The van der Waals surface area contributed by atoms with E-state index < -0.39 is 17.0 Å². The van der Waals surface area contributed by atoms with Crippen LogP contribution in [-0.4, -0.2) is 54.1 Å². The molecule has 0 spiro atoms. The van der Waals surface area contributed by atoms with E-state index in [0.717, 1.165) is 5.56 Å². The molecule has 1 fully saturated rings. The topological polar surface area (TPSA) is 91.3 Å². The minimum absolute atomic E-state index is 0.133. The Bertz CT molecular complexity index is 995. The predicted octanol–water partition coefficient (Wildman–Crippen LogP) is 2.17. The van der Waals surface area contributed by atoms with Gasteiger partial charge in [0.05, 0.1) is 19.3 Å². The number of ether oxygens (including phenoxy) is 2. The second-order valence-electron chi connectivity index (χ2n) is 8.72. The van der Waals surface area contributed by atoms with E-state index in [1.165, 1.54) is 17.0 Å². The summed E-state index contributed by atoms with van der Waals surface area (Å²) < 4.78 is 26.0. The zero-order valence-electron chi connectivity index (χ0n) is 18.4. The van der Waals surface area contributed by atoms with Crippen molar-refractivity contribution in [3.05, 3.63) is 53.3 Å². The Labute approximate surface area is 186 Å². The fourth-order valence-corrected chi connectivity index (χ4v) is 4.32. The van der Waals surface area contributed by atoms with E-state index in [1.807, 2.05) is 12.1 Å². The van der Waals surface area contributed by atoms with Gasteiger partial charge in [-0.05, 0) is 56.1 Å². The Kier molecular flexibility index (Phi) is 6.11. The van der Waals surface area contributed by atoms with E-state index >= 15 is 0 Å². The maximum Gasteiger partial charge on any atom is 0.227 e. The molecular formula is C24H29FN2O5. The summed E-state index contributed by atoms with van der Waals surface area (Å²) in [6, 6.07) is 10.1. The lowest BCUT2D eigenvalue weighted by molar-refractivity contribution is -0.171. The molecule has 3 N–H and O–H groups in total. The van der Waals surface area contributed by atoms with E-state index in [9.17, 15) is 19.4 Å². The van der Waals surface area contributed by atoms with Crippen molar-refractivity contribution in [3.63, 3.8) is 0 Å². The first-order valence-electron chi connectivity index (χ1n) is 10.8. The summed E-state index contributed by atoms with van der Waals surface area (Å²) in [6.45, 7) is 2.46. The molecule has 2 aromatic carbocycles. The Hall–Kier alpha value is -2.68. The SMILES string of the molecule is COc1ccc(CN2C(=O)CCc3c(OCC4(O)CCNCC4(C)O)ccc(F)c32)cc1. The quantitative estimate of drug-likeness (QED) is 0.633. The predicted molar refractivity (Wildman–Crippen MR) is 117 cm³/mol. The third-order valence-electron chi connectivity index (χ3n) is 6.50. The molecule has 2 aliphatic heterocycles. The van der Waals surface area contributed by atoms with Crippen LogP contribution >= 0.6 is 0 Å². The molecule has 1 amide bonds. The highest BCUT2D eigenvalue weighted by molar-refractivity contribution is 5.97. The lowest BCUT2D eigenvalue weighted by Gasteiger charge is -2.44. The van der Waals surface area contributed by atoms with Crippen molar-refractivity contribution >= 4 is 11.6 Å². The monoisotopic (exact) mass is 444 g/mol. The van der Waals surface area contributed by atoms with Crippen LogP contribution in [0.3, 0.4) is 0 Å². The van der Waals surface area contributed by atoms with E-state index in [4.69, 9.17) is 9.47 Å². The zero-order chi connectivity index (χ0) is 22.9. The van der Waals surface area contributed by atoms with E-state index in [1.54, 1.807) is 26.2 Å². The molecule has 4 rings (SSSR count). The average Bonchev–Trinajstić information content (AvgIpc) is 2.78. The third-order valence-corrected chi connectivity index (χ3v) is 6.50. The van der Waals surface area contributed by atoms with E-state index in [0.29, 0.717) is 36.4 Å². The number of carbonyl (C=O) groups excluding carboxylic acids is 1. The zero-order valence-corrected chi connectivity index (χ0v) is 18.4. The molecule has 2 aliphatic rings. The molecule has 7 nitrogen and oxygen atoms in total. The molecule has 0 radical (unpaired) electrons. The van der Waals surface area contributed by atoms with Gasteiger partial charge in [0.1, 0.15) is 35.1 Å². The summed E-state index contributed by atoms with van der Waals surface area (Å²) in [5.74, 6) is 0.454. The van der Waals surface area contributed by atoms with Gasteiger partial charge in [-0.2, -0.15) is 0 Å². The molecule has 32 heavy (non-hydrogen) atoms. The molecule has 2 unspecified atom stereocenters. The van der Waals surface area contributed by atoms with Gasteiger partial charge >= 0.3 is 0 Å². The number of hydrogen-bond donors (Lipinski definition) is 3. The van der Waals surface area contributed by atoms with Crippen LogP contribution in [0.5, 0.6) is 11.5 Å². The lowest BCUT2D eigenvalue weighted by atomic mass is 9.79. The number of halogens is 1. The van der Waals surface area contributed by atoms with Gasteiger partial charge in [-0.15, -0.1) is 0 Å². The highest BCUT2D eigenvalue weighted by Gasteiger charge is 2.48. The summed E-state index contributed by atoms with van der Waals surface area (Å²) in [6.07, 6.45) is 0.900. The van der Waals surface area contributed by atoms with Gasteiger partial charge in [0.15, 0.2) is 0 Å². The van der Waals surface area contributed by atoms with Crippen LogP contribution in [0.15, 0.2) is 36.4 Å². The van der Waals surface area contributed by atoms with Crippen LogP contribution in [0.2, 0.25) is 0 Å². The van der Waals surface area contributed by atoms with Crippen LogP contribution in [0.1, 0.15) is 30.9 Å². The van der Waals surface area contributed by atoms with Crippen molar-refractivity contribution in [2.45, 2.75) is 43.9 Å². The number of benzene rings is 2. The number of methoxy groups -OCH3 is 1. The smallest absolute Gasteiger partial charge is 0.227 e. The Balaban J connectivity index is 1.60. The summed E-state index contributed by atoms with van der Waals surface area (Å²) in [5.41, 5.74) is -1.15. The number of nitrogens with one attached hydrogen (secondary N) is 1. The number of piperidine rings is 1. The van der Waals surface area contributed by atoms with Gasteiger partial charge in [0, 0.05) is 18.5 Å². The van der Waals surface area contributed by atoms with Crippen molar-refractivity contribution in [1.82, 2.24) is 5.32 Å². The molecule has 1 saturated heterocycles. The molecule has 2 aromatic rings. The Morgan fingerprint density at radius 2 is 1.91 bits per heavy atom. The molecule has 172 valence electrons. The fraction of sp³-hybridized carbons (Fsp3) is 0.458. The standard InChI is InChI=1S/C24H29FN2O5/c1-23(29)14-26-12-11-24(23,30)15-32-20-9-8-19(25)22-18(20)7-10-21(28)27(22)13-16-3-5-17(31-2)6-4-16/h3-6,8-9,26,29-30H,7,10-15H2,1-2H3. The maximum atomic E-state index is 14.9. The van der Waals surface area contributed by atoms with Gasteiger partial charge in [0.25, 0.3) is 0 Å². The van der Waals surface area contributed by atoms with Crippen molar-refractivity contribution in [1.29, 1.82) is 0 Å². The first-order valence-corrected chi connectivity index (χ1v) is 10.8. The molecule has 2 atom stereocenters. The number of hydrogen-bond acceptors (Lipinski definition) is 6. The summed E-state index contributed by atoms with van der Waals surface area (Å²) >= 11 is 0. The van der Waals surface area contributed by atoms with Gasteiger partial charge in [-0.1, -0.05) is 12.1 Å². The Morgan fingerprint density at radius 1 is 1.16 bits per heavy atom. The fourth-order valence-electron chi connectivity index (χ4n) is 4.32. The number of anilines is 1. The molecule has 2 heterocycles. The molecule has 0 aliphatic carbocycles. The normalized spacial score (nSPS) is 25.4. The molecule has 0 aromatic heterocycles. The van der Waals surface area contributed by atoms with Crippen molar-refractivity contribution in [2.75, 3.05) is 31.7 Å². The third kappa shape index (κ3) is 4.18. The number of fused-ring (bicyclic) bond motifs is 1. The number of amides is 1. The minimum Gasteiger partial charge on any atom is -0.497 e. The number of carbonyl (C=O) groups is 1. The minimum atomic E-state index is -1.44. The Morgan fingerprint density at radius 3 is 2.59 bits per heavy atom. The first-order chi connectivity index (χ1) is 15.2. The molecular weight excluding hydrogens is 415 g/mol. The second-order valence-corrected chi connectivity index (χ2v) is 8.72. The van der Waals surface area contributed by atoms with Crippen LogP contribution < -0.4 is 19.7 Å². The van der Waals surface area contributed by atoms with Crippen molar-refractivity contribution in [2.24, 2.45) is 0 Å². The van der Waals surface area contributed by atoms with E-state index in [-0.39, 0.29) is 37.7 Å². The van der Waals surface area contributed by atoms with Crippen molar-refractivity contribution < 1.29 is 28.9 Å². The van der Waals surface area contributed by atoms with Crippen LogP contribution in [0.4, 0.5) is 10.1 Å². The van der Waals surface area contributed by atoms with Crippen LogP contribution in [0.25, 0.3) is 0 Å². The van der Waals surface area contributed by atoms with Gasteiger partial charge in [-0.25, -0.2) is 4.39 Å². The van der Waals surface area contributed by atoms with Gasteiger partial charge in [-0.3, -0.25) is 4.79 Å². The average molecular weight is 445 g/mol. The molecule has 8 heteroatoms. The summed E-state index contributed by atoms with van der Waals surface area (Å²) in [4.78, 5) is 14.1. The van der Waals surface area contributed by atoms with E-state index in [2.05, 4.69) is 5.32 Å². The van der Waals surface area contributed by atoms with Crippen LogP contribution in [0, 0.1) is 5.82 Å². The van der Waals surface area contributed by atoms with Crippen LogP contribution in [-0.2, 0) is 17.8 Å². The van der Waals surface area contributed by atoms with Gasteiger partial charge < -0.3 is 29.9 Å². The highest BCUT2D eigenvalue weighted by atomic mass is 19.1. The summed E-state index contributed by atoms with van der Waals surface area (Å²) in [7, 11) is 1.58. The van der Waals surface area contributed by atoms with Crippen molar-refractivity contribution in [3.8, 4) is 11.5 Å². The second kappa shape index (κ2) is 8.69. The molecule has 0 bridgehead atoms. The maximum absolute atomic E-state index is 14.9. The lowest BCUT2D eigenvalue weighted by Crippen LogP contribution is -2.65. The summed E-state index contributed by atoms with van der Waals surface area (Å²) in [5, 5.41) is 24.7. The largest absolute Gasteiger partial charge is 0.497 e. The first kappa shape index (κ1) is 22.5. The number of nitrogens with zero attached hydrogens (tertiary/aromatic N) is 1. The number of aliphatic hydroxyl groups is 2. The highest BCUT2D eigenvalue weighted by Crippen LogP contribution is 2.39.